The minimum absolute atomic E-state index is 0.501. The van der Waals surface area contributed by atoms with E-state index < -0.39 is 9.76 Å². The van der Waals surface area contributed by atoms with Crippen LogP contribution in [0.5, 0.6) is 0 Å². The molecule has 0 radical (unpaired) electrons. The Bertz CT molecular complexity index is 282. The van der Waals surface area contributed by atoms with Gasteiger partial charge in [0.15, 0.2) is 9.76 Å². The summed E-state index contributed by atoms with van der Waals surface area (Å²) in [7, 11) is -0.501. The molecule has 3 heteroatoms. The smallest absolute Gasteiger partial charge is 0.187 e. The molecule has 0 heterocycles. The molecule has 0 aliphatic carbocycles. The minimum Gasteiger partial charge on any atom is -0.417 e. The van der Waals surface area contributed by atoms with Gasteiger partial charge in [0, 0.05) is 6.61 Å². The first-order valence-electron chi connectivity index (χ1n) is 5.23. The molecule has 1 aromatic carbocycles. The fourth-order valence-electron chi connectivity index (χ4n) is 1.20. The second-order valence-electron chi connectivity index (χ2n) is 3.20. The van der Waals surface area contributed by atoms with Crippen LogP contribution in [0, 0.1) is 0 Å². The van der Waals surface area contributed by atoms with Crippen molar-refractivity contribution in [3.63, 3.8) is 0 Å². The summed E-state index contributed by atoms with van der Waals surface area (Å²) in [6.45, 7) is 7.21. The third kappa shape index (κ3) is 4.92. The Morgan fingerprint density at radius 2 is 2.07 bits per heavy atom. The normalized spacial score (nSPS) is 11.0. The third-order valence-corrected chi connectivity index (χ3v) is 3.01. The number of hydrogen-bond acceptors (Lipinski definition) is 2. The maximum atomic E-state index is 5.58. The van der Waals surface area contributed by atoms with Gasteiger partial charge in [-0.05, 0) is 18.1 Å². The summed E-state index contributed by atoms with van der Waals surface area (Å²) in [6.07, 6.45) is 2.65. The van der Waals surface area contributed by atoms with Crippen LogP contribution in [0.15, 0.2) is 30.8 Å². The average Bonchev–Trinajstić information content (AvgIpc) is 2.30. The molecule has 0 aliphatic heterocycles. The van der Waals surface area contributed by atoms with Crippen LogP contribution in [0.4, 0.5) is 0 Å². The molecule has 0 unspecified atom stereocenters. The zero-order valence-corrected chi connectivity index (χ0v) is 10.7. The van der Waals surface area contributed by atoms with Crippen molar-refractivity contribution in [1.29, 1.82) is 0 Å². The topological polar surface area (TPSA) is 18.5 Å². The zero-order valence-electron chi connectivity index (χ0n) is 9.24. The molecule has 0 bridgehead atoms. The van der Waals surface area contributed by atoms with Crippen LogP contribution in [0.1, 0.15) is 18.1 Å². The molecule has 0 aromatic heterocycles. The lowest BCUT2D eigenvalue weighted by Crippen LogP contribution is -2.08. The van der Waals surface area contributed by atoms with Crippen LogP contribution in [-0.2, 0) is 15.8 Å². The summed E-state index contributed by atoms with van der Waals surface area (Å²) in [6, 6.07) is 8.25. The van der Waals surface area contributed by atoms with Crippen LogP contribution in [0.2, 0.25) is 0 Å². The van der Waals surface area contributed by atoms with Gasteiger partial charge in [-0.15, -0.1) is 0 Å². The van der Waals surface area contributed by atoms with E-state index in [9.17, 15) is 0 Å². The van der Waals surface area contributed by atoms with Crippen molar-refractivity contribution in [1.82, 2.24) is 0 Å². The van der Waals surface area contributed by atoms with Gasteiger partial charge in [-0.2, -0.15) is 0 Å². The summed E-state index contributed by atoms with van der Waals surface area (Å²) in [5, 5.41) is 0. The van der Waals surface area contributed by atoms with Gasteiger partial charge in [-0.25, -0.2) is 0 Å². The predicted molar refractivity (Wildman–Crippen MR) is 66.4 cm³/mol. The second-order valence-corrected chi connectivity index (χ2v) is 4.42. The van der Waals surface area contributed by atoms with Gasteiger partial charge in [-0.3, -0.25) is 0 Å². The summed E-state index contributed by atoms with van der Waals surface area (Å²) in [4.78, 5) is 0. The molecule has 0 fully saturated rings. The Labute approximate surface area is 93.9 Å². The summed E-state index contributed by atoms with van der Waals surface area (Å²) in [5.41, 5.74) is 2.36. The highest BCUT2D eigenvalue weighted by atomic mass is 28.2. The Morgan fingerprint density at radius 1 is 1.33 bits per heavy atom. The van der Waals surface area contributed by atoms with Gasteiger partial charge in [0.1, 0.15) is 0 Å². The van der Waals surface area contributed by atoms with Gasteiger partial charge in [0.2, 0.25) is 0 Å². The first kappa shape index (κ1) is 12.2. The van der Waals surface area contributed by atoms with Gasteiger partial charge < -0.3 is 9.16 Å². The molecule has 0 N–H and O–H groups in total. The SMILES string of the molecule is C=Cc1ccc(CO[SiH2]COCC)cc1. The maximum Gasteiger partial charge on any atom is 0.187 e. The van der Waals surface area contributed by atoms with E-state index in [0.29, 0.717) is 6.61 Å². The summed E-state index contributed by atoms with van der Waals surface area (Å²) in [5.74, 6) is 0. The predicted octanol–water partition coefficient (Wildman–Crippen LogP) is 1.92. The van der Waals surface area contributed by atoms with Crippen molar-refractivity contribution in [3.8, 4) is 0 Å². The molecule has 15 heavy (non-hydrogen) atoms. The number of hydrogen-bond donors (Lipinski definition) is 0. The van der Waals surface area contributed by atoms with E-state index in [1.807, 2.05) is 13.0 Å². The van der Waals surface area contributed by atoms with Crippen molar-refractivity contribution >= 4 is 15.8 Å². The highest BCUT2D eigenvalue weighted by Crippen LogP contribution is 2.06. The Morgan fingerprint density at radius 3 is 2.67 bits per heavy atom. The Balaban J connectivity index is 2.22. The van der Waals surface area contributed by atoms with E-state index in [2.05, 4.69) is 30.8 Å². The minimum atomic E-state index is -0.501. The van der Waals surface area contributed by atoms with Gasteiger partial charge in [-0.1, -0.05) is 36.9 Å². The first-order chi connectivity index (χ1) is 7.36. The third-order valence-electron chi connectivity index (χ3n) is 2.06. The van der Waals surface area contributed by atoms with Crippen LogP contribution in [0.3, 0.4) is 0 Å². The molecule has 2 nitrogen and oxygen atoms in total. The lowest BCUT2D eigenvalue weighted by Gasteiger charge is -2.04. The molecule has 0 spiro atoms. The van der Waals surface area contributed by atoms with Crippen LogP contribution < -0.4 is 0 Å². The van der Waals surface area contributed by atoms with Crippen LogP contribution in [-0.4, -0.2) is 22.6 Å². The number of ether oxygens (including phenoxy) is 1. The summed E-state index contributed by atoms with van der Waals surface area (Å²) >= 11 is 0. The van der Waals surface area contributed by atoms with E-state index in [4.69, 9.17) is 9.16 Å². The van der Waals surface area contributed by atoms with Gasteiger partial charge in [0.25, 0.3) is 0 Å². The van der Waals surface area contributed by atoms with Crippen molar-refractivity contribution in [2.75, 3.05) is 12.8 Å². The highest BCUT2D eigenvalue weighted by molar-refractivity contribution is 6.26. The van der Waals surface area contributed by atoms with E-state index >= 15 is 0 Å². The highest BCUT2D eigenvalue weighted by Gasteiger charge is 1.93. The number of benzene rings is 1. The fraction of sp³-hybridized carbons (Fsp3) is 0.333. The van der Waals surface area contributed by atoms with E-state index in [1.54, 1.807) is 0 Å². The van der Waals surface area contributed by atoms with Crippen LogP contribution >= 0.6 is 0 Å². The quantitative estimate of drug-likeness (QED) is 0.518. The average molecular weight is 222 g/mol. The standard InChI is InChI=1S/C12H18O2Si/c1-3-11-5-7-12(8-6-11)9-14-15-10-13-4-2/h3,5-8H,1,4,9-10,15H2,2H3. The second kappa shape index (κ2) is 7.40. The molecular weight excluding hydrogens is 204 g/mol. The Hall–Kier alpha value is -0.903. The summed E-state index contributed by atoms with van der Waals surface area (Å²) < 4.78 is 10.8. The Kier molecular flexibility index (Phi) is 6.00. The fourth-order valence-corrected chi connectivity index (χ4v) is 2.11. The molecule has 82 valence electrons. The lowest BCUT2D eigenvalue weighted by atomic mass is 10.1. The lowest BCUT2D eigenvalue weighted by molar-refractivity contribution is 0.176. The van der Waals surface area contributed by atoms with Crippen LogP contribution in [0.25, 0.3) is 6.08 Å². The molecule has 0 saturated carbocycles. The van der Waals surface area contributed by atoms with Crippen molar-refractivity contribution in [2.45, 2.75) is 13.5 Å². The number of rotatable bonds is 7. The van der Waals surface area contributed by atoms with Crippen molar-refractivity contribution in [3.05, 3.63) is 42.0 Å². The molecule has 0 aliphatic rings. The molecule has 1 aromatic rings. The first-order valence-corrected chi connectivity index (χ1v) is 6.81. The monoisotopic (exact) mass is 222 g/mol. The molecular formula is C12H18O2Si. The molecule has 0 saturated heterocycles. The molecule has 0 atom stereocenters. The van der Waals surface area contributed by atoms with Gasteiger partial charge in [0.05, 0.1) is 12.8 Å². The molecule has 1 rings (SSSR count). The molecule has 0 amide bonds. The maximum absolute atomic E-state index is 5.58. The van der Waals surface area contributed by atoms with E-state index in [0.717, 1.165) is 18.4 Å². The van der Waals surface area contributed by atoms with Crippen molar-refractivity contribution < 1.29 is 9.16 Å². The van der Waals surface area contributed by atoms with Gasteiger partial charge >= 0.3 is 0 Å². The van der Waals surface area contributed by atoms with E-state index in [-0.39, 0.29) is 0 Å². The largest absolute Gasteiger partial charge is 0.417 e. The zero-order chi connectivity index (χ0) is 10.9. The van der Waals surface area contributed by atoms with E-state index in [1.165, 1.54) is 5.56 Å². The van der Waals surface area contributed by atoms with Crippen molar-refractivity contribution in [2.24, 2.45) is 0 Å².